The van der Waals surface area contributed by atoms with E-state index in [9.17, 15) is 14.0 Å². The topological polar surface area (TPSA) is 92.8 Å². The number of hydrogen-bond acceptors (Lipinski definition) is 6. The Bertz CT molecular complexity index is 1280. The third kappa shape index (κ3) is 8.11. The van der Waals surface area contributed by atoms with Gasteiger partial charge in [-0.2, -0.15) is 0 Å². The van der Waals surface area contributed by atoms with Crippen molar-refractivity contribution in [1.29, 1.82) is 0 Å². The van der Waals surface area contributed by atoms with E-state index < -0.39 is 11.7 Å². The molecule has 1 aliphatic heterocycles. The summed E-state index contributed by atoms with van der Waals surface area (Å²) >= 11 is 5.74. The second-order valence-electron chi connectivity index (χ2n) is 8.21. The first-order chi connectivity index (χ1) is 18.0. The molecule has 0 radical (unpaired) electrons. The average Bonchev–Trinajstić information content (AvgIpc) is 2.90. The molecule has 3 aromatic rings. The molecule has 0 bridgehead atoms. The highest BCUT2D eigenvalue weighted by molar-refractivity contribution is 6.31. The first kappa shape index (κ1) is 26.3. The molecular formula is C27H26ClFN4O4. The van der Waals surface area contributed by atoms with Crippen molar-refractivity contribution in [2.24, 2.45) is 0 Å². The Kier molecular flexibility index (Phi) is 9.20. The molecule has 37 heavy (non-hydrogen) atoms. The summed E-state index contributed by atoms with van der Waals surface area (Å²) < 4.78 is 24.5. The molecule has 2 amide bonds. The second kappa shape index (κ2) is 13.0. The lowest BCUT2D eigenvalue weighted by Crippen LogP contribution is -2.41. The van der Waals surface area contributed by atoms with E-state index in [1.54, 1.807) is 36.4 Å². The Morgan fingerprint density at radius 2 is 1.92 bits per heavy atom. The lowest BCUT2D eigenvalue weighted by molar-refractivity contribution is -0.111. The van der Waals surface area contributed by atoms with Crippen LogP contribution in [0.15, 0.2) is 66.9 Å². The highest BCUT2D eigenvalue weighted by Crippen LogP contribution is 2.23. The maximum Gasteiger partial charge on any atom is 0.270 e. The minimum absolute atomic E-state index is 0.0728. The Hall–Kier alpha value is -3.79. The molecular weight excluding hydrogens is 499 g/mol. The summed E-state index contributed by atoms with van der Waals surface area (Å²) in [5.74, 6) is -0.243. The number of hydrogen-bond donors (Lipinski definition) is 2. The monoisotopic (exact) mass is 524 g/mol. The summed E-state index contributed by atoms with van der Waals surface area (Å²) in [5, 5.41) is 5.44. The number of carbonyl (C=O) groups is 2. The van der Waals surface area contributed by atoms with Crippen molar-refractivity contribution in [3.63, 3.8) is 0 Å². The Labute approximate surface area is 219 Å². The number of amides is 2. The van der Waals surface area contributed by atoms with Crippen molar-refractivity contribution in [2.45, 2.75) is 0 Å². The van der Waals surface area contributed by atoms with E-state index in [-0.39, 0.29) is 16.6 Å². The van der Waals surface area contributed by atoms with Crippen LogP contribution in [-0.4, -0.2) is 61.1 Å². The number of halogens is 2. The Morgan fingerprint density at radius 1 is 1.11 bits per heavy atom. The van der Waals surface area contributed by atoms with Crippen LogP contribution in [0.4, 0.5) is 10.1 Å². The fourth-order valence-electron chi connectivity index (χ4n) is 3.59. The number of benzene rings is 2. The number of carbonyl (C=O) groups excluding carboxylic acids is 2. The summed E-state index contributed by atoms with van der Waals surface area (Å²) in [4.78, 5) is 31.1. The zero-order chi connectivity index (χ0) is 26.0. The molecule has 0 spiro atoms. The van der Waals surface area contributed by atoms with Gasteiger partial charge in [-0.25, -0.2) is 4.39 Å². The average molecular weight is 525 g/mol. The molecule has 2 aromatic carbocycles. The zero-order valence-corrected chi connectivity index (χ0v) is 20.7. The molecule has 2 heterocycles. The number of ether oxygens (including phenoxy) is 2. The lowest BCUT2D eigenvalue weighted by Gasteiger charge is -2.26. The molecule has 1 saturated heterocycles. The standard InChI is InChI=1S/C27H26ClFN4O4/c28-23-17-20(5-6-24(23)29)32-26(34)7-4-19-2-1-3-21(16-19)37-22-8-9-30-25(18-22)27(35)31-10-11-33-12-14-36-15-13-33/h1-9,16-18H,10-15H2,(H,31,35)(H,32,34)/b7-4+. The van der Waals surface area contributed by atoms with Crippen molar-refractivity contribution in [1.82, 2.24) is 15.2 Å². The fourth-order valence-corrected chi connectivity index (χ4v) is 3.77. The number of morpholine rings is 1. The summed E-state index contributed by atoms with van der Waals surface area (Å²) in [6, 6.07) is 14.3. The van der Waals surface area contributed by atoms with Gasteiger partial charge in [0.1, 0.15) is 23.0 Å². The van der Waals surface area contributed by atoms with E-state index in [1.807, 2.05) is 6.07 Å². The van der Waals surface area contributed by atoms with E-state index in [0.29, 0.717) is 36.9 Å². The van der Waals surface area contributed by atoms with Crippen LogP contribution >= 0.6 is 11.6 Å². The van der Waals surface area contributed by atoms with Crippen molar-refractivity contribution in [2.75, 3.05) is 44.7 Å². The first-order valence-electron chi connectivity index (χ1n) is 11.7. The Morgan fingerprint density at radius 3 is 2.73 bits per heavy atom. The van der Waals surface area contributed by atoms with Gasteiger partial charge in [-0.05, 0) is 48.0 Å². The molecule has 0 saturated carbocycles. The molecule has 2 N–H and O–H groups in total. The van der Waals surface area contributed by atoms with E-state index in [0.717, 1.165) is 25.2 Å². The molecule has 8 nitrogen and oxygen atoms in total. The predicted molar refractivity (Wildman–Crippen MR) is 139 cm³/mol. The van der Waals surface area contributed by atoms with Crippen molar-refractivity contribution in [3.8, 4) is 11.5 Å². The van der Waals surface area contributed by atoms with Gasteiger partial charge in [0.2, 0.25) is 5.91 Å². The maximum atomic E-state index is 13.3. The van der Waals surface area contributed by atoms with Gasteiger partial charge in [0.15, 0.2) is 0 Å². The van der Waals surface area contributed by atoms with Crippen LogP contribution in [-0.2, 0) is 9.53 Å². The minimum atomic E-state index is -0.558. The van der Waals surface area contributed by atoms with Gasteiger partial charge in [0, 0.05) is 50.2 Å². The number of nitrogens with one attached hydrogen (secondary N) is 2. The van der Waals surface area contributed by atoms with Crippen molar-refractivity contribution < 1.29 is 23.5 Å². The highest BCUT2D eigenvalue weighted by atomic mass is 35.5. The summed E-state index contributed by atoms with van der Waals surface area (Å²) in [6.07, 6.45) is 4.48. The summed E-state index contributed by atoms with van der Waals surface area (Å²) in [7, 11) is 0. The third-order valence-corrected chi connectivity index (χ3v) is 5.78. The zero-order valence-electron chi connectivity index (χ0n) is 20.0. The summed E-state index contributed by atoms with van der Waals surface area (Å²) in [6.45, 7) is 4.41. The predicted octanol–water partition coefficient (Wildman–Crippen LogP) is 4.38. The van der Waals surface area contributed by atoms with Gasteiger partial charge >= 0.3 is 0 Å². The maximum absolute atomic E-state index is 13.3. The van der Waals surface area contributed by atoms with Gasteiger partial charge in [-0.1, -0.05) is 23.7 Å². The van der Waals surface area contributed by atoms with Gasteiger partial charge in [0.05, 0.1) is 18.2 Å². The molecule has 4 rings (SSSR count). The normalized spacial score (nSPS) is 13.9. The molecule has 1 aliphatic rings. The van der Waals surface area contributed by atoms with E-state index in [4.69, 9.17) is 21.1 Å². The van der Waals surface area contributed by atoms with Crippen LogP contribution < -0.4 is 15.4 Å². The van der Waals surface area contributed by atoms with E-state index in [1.165, 1.54) is 30.5 Å². The molecule has 0 aliphatic carbocycles. The number of nitrogens with zero attached hydrogens (tertiary/aromatic N) is 2. The Balaban J connectivity index is 1.31. The fraction of sp³-hybridized carbons (Fsp3) is 0.222. The molecule has 192 valence electrons. The molecule has 0 atom stereocenters. The largest absolute Gasteiger partial charge is 0.457 e. The quantitative estimate of drug-likeness (QED) is 0.404. The molecule has 10 heteroatoms. The van der Waals surface area contributed by atoms with Gasteiger partial charge in [-0.3, -0.25) is 19.5 Å². The van der Waals surface area contributed by atoms with Gasteiger partial charge < -0.3 is 20.1 Å². The van der Waals surface area contributed by atoms with Crippen LogP contribution in [0.3, 0.4) is 0 Å². The SMILES string of the molecule is O=C(/C=C/c1cccc(Oc2ccnc(C(=O)NCCN3CCOCC3)c2)c1)Nc1ccc(F)c(Cl)c1. The third-order valence-electron chi connectivity index (χ3n) is 5.49. The van der Waals surface area contributed by atoms with Crippen molar-refractivity contribution in [3.05, 3.63) is 89.0 Å². The van der Waals surface area contributed by atoms with Crippen LogP contribution in [0.2, 0.25) is 5.02 Å². The molecule has 0 unspecified atom stereocenters. The second-order valence-corrected chi connectivity index (χ2v) is 8.62. The van der Waals surface area contributed by atoms with Gasteiger partial charge in [-0.15, -0.1) is 0 Å². The number of anilines is 1. The van der Waals surface area contributed by atoms with Crippen molar-refractivity contribution >= 4 is 35.2 Å². The first-order valence-corrected chi connectivity index (χ1v) is 12.1. The lowest BCUT2D eigenvalue weighted by atomic mass is 10.2. The smallest absolute Gasteiger partial charge is 0.270 e. The van der Waals surface area contributed by atoms with Gasteiger partial charge in [0.25, 0.3) is 5.91 Å². The van der Waals surface area contributed by atoms with Crippen LogP contribution in [0.5, 0.6) is 11.5 Å². The highest BCUT2D eigenvalue weighted by Gasteiger charge is 2.12. The number of aromatic nitrogens is 1. The van der Waals surface area contributed by atoms with Crippen LogP contribution in [0.1, 0.15) is 16.1 Å². The molecule has 1 aromatic heterocycles. The number of rotatable bonds is 9. The van der Waals surface area contributed by atoms with Crippen LogP contribution in [0.25, 0.3) is 6.08 Å². The minimum Gasteiger partial charge on any atom is -0.457 e. The number of pyridine rings is 1. The van der Waals surface area contributed by atoms with E-state index in [2.05, 4.69) is 20.5 Å². The summed E-state index contributed by atoms with van der Waals surface area (Å²) in [5.41, 5.74) is 1.37. The molecule has 1 fully saturated rings. The van der Waals surface area contributed by atoms with E-state index >= 15 is 0 Å². The van der Waals surface area contributed by atoms with Crippen LogP contribution in [0, 0.1) is 5.82 Å².